The first kappa shape index (κ1) is 14.7. The molecule has 2 N–H and O–H groups in total. The summed E-state index contributed by atoms with van der Waals surface area (Å²) in [6.07, 6.45) is 1.83. The van der Waals surface area contributed by atoms with Gasteiger partial charge in [0, 0.05) is 25.8 Å². The van der Waals surface area contributed by atoms with Gasteiger partial charge in [0.15, 0.2) is 0 Å². The van der Waals surface area contributed by atoms with Crippen LogP contribution in [0.2, 0.25) is 0 Å². The molecule has 0 aromatic carbocycles. The first-order chi connectivity index (χ1) is 6.09. The van der Waals surface area contributed by atoms with Crippen LogP contribution in [0.25, 0.3) is 0 Å². The fraction of sp³-hybridized carbons (Fsp3) is 0.667. The maximum Gasteiger partial charge on any atom is 0.140 e. The number of aromatic nitrogens is 2. The van der Waals surface area contributed by atoms with Crippen LogP contribution in [0, 0.1) is 0 Å². The van der Waals surface area contributed by atoms with Crippen LogP contribution < -0.4 is 5.32 Å². The van der Waals surface area contributed by atoms with Crippen molar-refractivity contribution >= 4 is 24.8 Å². The van der Waals surface area contributed by atoms with Crippen LogP contribution in [-0.4, -0.2) is 21.2 Å². The predicted octanol–water partition coefficient (Wildman–Crippen LogP) is 1.06. The molecule has 15 heavy (non-hydrogen) atoms. The fourth-order valence-electron chi connectivity index (χ4n) is 1.70. The van der Waals surface area contributed by atoms with Gasteiger partial charge in [-0.05, 0) is 13.8 Å². The van der Waals surface area contributed by atoms with Crippen LogP contribution >= 0.6 is 24.8 Å². The van der Waals surface area contributed by atoms with Gasteiger partial charge in [0.2, 0.25) is 0 Å². The Labute approximate surface area is 102 Å². The van der Waals surface area contributed by atoms with Crippen molar-refractivity contribution < 1.29 is 5.11 Å². The van der Waals surface area contributed by atoms with Gasteiger partial charge in [-0.3, -0.25) is 0 Å². The van der Waals surface area contributed by atoms with Crippen LogP contribution in [0.4, 0.5) is 0 Å². The Balaban J connectivity index is 0.000000980. The fourth-order valence-corrected chi connectivity index (χ4v) is 1.70. The van der Waals surface area contributed by atoms with Crippen molar-refractivity contribution in [2.45, 2.75) is 32.5 Å². The number of hydrogen-bond acceptors (Lipinski definition) is 3. The van der Waals surface area contributed by atoms with Gasteiger partial charge < -0.3 is 15.0 Å². The van der Waals surface area contributed by atoms with Gasteiger partial charge in [-0.2, -0.15) is 0 Å². The molecule has 0 fully saturated rings. The van der Waals surface area contributed by atoms with Crippen molar-refractivity contribution in [3.8, 4) is 0 Å². The van der Waals surface area contributed by atoms with Crippen LogP contribution in [0.3, 0.4) is 0 Å². The van der Waals surface area contributed by atoms with Gasteiger partial charge in [0.05, 0.1) is 5.69 Å². The highest BCUT2D eigenvalue weighted by atomic mass is 35.5. The lowest BCUT2D eigenvalue weighted by molar-refractivity contribution is 0.0639. The quantitative estimate of drug-likeness (QED) is 0.787. The monoisotopic (exact) mass is 253 g/mol. The smallest absolute Gasteiger partial charge is 0.140 e. The standard InChI is InChI=1S/C9H15N3O.2ClH/c1-9(2,13)8-11-6-7-5-10-3-4-12(7)8;;/h6,10,13H,3-5H2,1-2H3;2*1H. The van der Waals surface area contributed by atoms with Crippen LogP contribution in [0.15, 0.2) is 6.20 Å². The molecule has 1 aliphatic rings. The average molecular weight is 254 g/mol. The Hall–Kier alpha value is -0.290. The largest absolute Gasteiger partial charge is 0.383 e. The minimum absolute atomic E-state index is 0. The molecule has 88 valence electrons. The maximum absolute atomic E-state index is 9.83. The van der Waals surface area contributed by atoms with E-state index in [1.54, 1.807) is 13.8 Å². The first-order valence-corrected chi connectivity index (χ1v) is 4.57. The molecular weight excluding hydrogens is 237 g/mol. The first-order valence-electron chi connectivity index (χ1n) is 4.57. The highest BCUT2D eigenvalue weighted by molar-refractivity contribution is 5.85. The number of halogens is 2. The lowest BCUT2D eigenvalue weighted by atomic mass is 10.1. The molecule has 2 heterocycles. The lowest BCUT2D eigenvalue weighted by Crippen LogP contribution is -2.32. The molecule has 0 spiro atoms. The molecule has 0 amide bonds. The van der Waals surface area contributed by atoms with E-state index in [4.69, 9.17) is 0 Å². The zero-order valence-corrected chi connectivity index (χ0v) is 10.5. The van der Waals surface area contributed by atoms with Crippen molar-refractivity contribution in [3.63, 3.8) is 0 Å². The highest BCUT2D eigenvalue weighted by Crippen LogP contribution is 2.20. The lowest BCUT2D eigenvalue weighted by Gasteiger charge is -2.23. The van der Waals surface area contributed by atoms with E-state index in [0.29, 0.717) is 0 Å². The van der Waals surface area contributed by atoms with E-state index < -0.39 is 5.60 Å². The summed E-state index contributed by atoms with van der Waals surface area (Å²) in [4.78, 5) is 4.24. The Morgan fingerprint density at radius 1 is 1.47 bits per heavy atom. The molecule has 4 nitrogen and oxygen atoms in total. The summed E-state index contributed by atoms with van der Waals surface area (Å²) in [6, 6.07) is 0. The summed E-state index contributed by atoms with van der Waals surface area (Å²) in [5, 5.41) is 13.1. The Kier molecular flexibility index (Phi) is 5.06. The number of nitrogens with zero attached hydrogens (tertiary/aromatic N) is 2. The van der Waals surface area contributed by atoms with Crippen molar-refractivity contribution in [1.29, 1.82) is 0 Å². The minimum atomic E-state index is -0.838. The van der Waals surface area contributed by atoms with E-state index >= 15 is 0 Å². The summed E-state index contributed by atoms with van der Waals surface area (Å²) in [6.45, 7) is 6.24. The van der Waals surface area contributed by atoms with E-state index in [9.17, 15) is 5.11 Å². The normalized spacial score (nSPS) is 14.9. The van der Waals surface area contributed by atoms with Crippen LogP contribution in [0.5, 0.6) is 0 Å². The Morgan fingerprint density at radius 3 is 2.73 bits per heavy atom. The summed E-state index contributed by atoms with van der Waals surface area (Å²) >= 11 is 0. The molecule has 0 bridgehead atoms. The van der Waals surface area contributed by atoms with Crippen molar-refractivity contribution in [2.75, 3.05) is 6.54 Å². The van der Waals surface area contributed by atoms with Crippen molar-refractivity contribution in [3.05, 3.63) is 17.7 Å². The molecule has 0 unspecified atom stereocenters. The zero-order valence-electron chi connectivity index (χ0n) is 8.86. The number of aliphatic hydroxyl groups is 1. The number of fused-ring (bicyclic) bond motifs is 1. The van der Waals surface area contributed by atoms with Crippen LogP contribution in [-0.2, 0) is 18.7 Å². The Bertz CT molecular complexity index is 320. The molecule has 1 aliphatic heterocycles. The van der Waals surface area contributed by atoms with Gasteiger partial charge in [0.1, 0.15) is 11.4 Å². The van der Waals surface area contributed by atoms with Gasteiger partial charge >= 0.3 is 0 Å². The van der Waals surface area contributed by atoms with E-state index in [1.807, 2.05) is 6.20 Å². The van der Waals surface area contributed by atoms with Crippen molar-refractivity contribution in [1.82, 2.24) is 14.9 Å². The Morgan fingerprint density at radius 2 is 2.13 bits per heavy atom. The summed E-state index contributed by atoms with van der Waals surface area (Å²) < 4.78 is 2.09. The molecule has 2 rings (SSSR count). The molecule has 0 atom stereocenters. The molecule has 1 aromatic heterocycles. The van der Waals surface area contributed by atoms with E-state index in [1.165, 1.54) is 0 Å². The number of hydrogen-bond donors (Lipinski definition) is 2. The zero-order chi connectivity index (χ0) is 9.47. The topological polar surface area (TPSA) is 50.1 Å². The van der Waals surface area contributed by atoms with Crippen LogP contribution in [0.1, 0.15) is 25.4 Å². The maximum atomic E-state index is 9.83. The second kappa shape index (κ2) is 5.16. The summed E-state index contributed by atoms with van der Waals surface area (Å²) in [7, 11) is 0. The second-order valence-corrected chi connectivity index (χ2v) is 3.96. The second-order valence-electron chi connectivity index (χ2n) is 3.96. The SMILES string of the molecule is CC(C)(O)c1ncc2n1CCNC2.Cl.Cl. The molecule has 1 aromatic rings. The number of imidazole rings is 1. The third-order valence-electron chi connectivity index (χ3n) is 2.30. The average Bonchev–Trinajstić information content (AvgIpc) is 2.45. The molecule has 0 saturated carbocycles. The van der Waals surface area contributed by atoms with Gasteiger partial charge in [-0.25, -0.2) is 4.98 Å². The van der Waals surface area contributed by atoms with Gasteiger partial charge in [-0.15, -0.1) is 24.8 Å². The van der Waals surface area contributed by atoms with E-state index in [0.717, 1.165) is 31.2 Å². The minimum Gasteiger partial charge on any atom is -0.383 e. The molecule has 0 saturated heterocycles. The predicted molar refractivity (Wildman–Crippen MR) is 63.7 cm³/mol. The number of rotatable bonds is 1. The van der Waals surface area contributed by atoms with E-state index in [2.05, 4.69) is 14.9 Å². The molecule has 0 radical (unpaired) electrons. The van der Waals surface area contributed by atoms with E-state index in [-0.39, 0.29) is 24.8 Å². The van der Waals surface area contributed by atoms with Crippen molar-refractivity contribution in [2.24, 2.45) is 0 Å². The summed E-state index contributed by atoms with van der Waals surface area (Å²) in [5.41, 5.74) is 0.318. The number of nitrogens with one attached hydrogen (secondary N) is 1. The molecule has 0 aliphatic carbocycles. The van der Waals surface area contributed by atoms with Gasteiger partial charge in [0.25, 0.3) is 0 Å². The molecule has 6 heteroatoms. The van der Waals surface area contributed by atoms with Gasteiger partial charge in [-0.1, -0.05) is 0 Å². The third-order valence-corrected chi connectivity index (χ3v) is 2.30. The third kappa shape index (κ3) is 2.84. The molecular formula is C9H17Cl2N3O. The highest BCUT2D eigenvalue weighted by Gasteiger charge is 2.25. The summed E-state index contributed by atoms with van der Waals surface area (Å²) in [5.74, 6) is 0.768.